The third kappa shape index (κ3) is 3.73. The summed E-state index contributed by atoms with van der Waals surface area (Å²) in [6.45, 7) is 0. The molecule has 0 saturated carbocycles. The fourth-order valence-corrected chi connectivity index (χ4v) is 3.22. The summed E-state index contributed by atoms with van der Waals surface area (Å²) in [5.41, 5.74) is 1.18. The highest BCUT2D eigenvalue weighted by Gasteiger charge is 2.30. The highest BCUT2D eigenvalue weighted by atomic mass is 35.5. The largest absolute Gasteiger partial charge is 0.416 e. The van der Waals surface area contributed by atoms with Crippen molar-refractivity contribution < 1.29 is 18.0 Å². The smallest absolute Gasteiger partial charge is 0.321 e. The van der Waals surface area contributed by atoms with Crippen molar-refractivity contribution >= 4 is 34.2 Å². The van der Waals surface area contributed by atoms with E-state index in [0.717, 1.165) is 12.1 Å². The molecule has 0 saturated heterocycles. The number of rotatable bonds is 3. The second-order valence-corrected chi connectivity index (χ2v) is 6.98. The van der Waals surface area contributed by atoms with Crippen LogP contribution in [0.4, 0.5) is 18.9 Å². The number of alkyl halides is 3. The summed E-state index contributed by atoms with van der Waals surface area (Å²) in [5, 5.41) is 7.79. The molecule has 1 amide bonds. The van der Waals surface area contributed by atoms with Crippen LogP contribution in [0.3, 0.4) is 0 Å². The lowest BCUT2D eigenvalue weighted by molar-refractivity contribution is -0.137. The van der Waals surface area contributed by atoms with Gasteiger partial charge in [0, 0.05) is 12.6 Å². The molecular weight excluding hydrogens is 417 g/mol. The van der Waals surface area contributed by atoms with E-state index in [1.807, 2.05) is 0 Å². The van der Waals surface area contributed by atoms with Crippen LogP contribution in [0, 0.1) is 0 Å². The number of hydrogen-bond acceptors (Lipinski definition) is 3. The first-order chi connectivity index (χ1) is 14.2. The fourth-order valence-electron chi connectivity index (χ4n) is 3.03. The number of aromatic nitrogens is 3. The zero-order chi connectivity index (χ0) is 21.5. The Bertz CT molecular complexity index is 1250. The standard InChI is InChI=1S/C21H14ClF3N4O/c1-29-19-15(11-26-29)14(20(30)28-17-5-3-2-4-16(17)22)10-18(27-19)12-6-8-13(9-7-12)21(23,24)25/h2-11H,1H3,(H,28,30). The first-order valence-electron chi connectivity index (χ1n) is 8.80. The van der Waals surface area contributed by atoms with E-state index in [2.05, 4.69) is 15.4 Å². The molecule has 0 radical (unpaired) electrons. The number of anilines is 1. The molecule has 9 heteroatoms. The average Bonchev–Trinajstić information content (AvgIpc) is 3.09. The number of nitrogens with one attached hydrogen (secondary N) is 1. The van der Waals surface area contributed by atoms with Crippen molar-refractivity contribution in [1.82, 2.24) is 14.8 Å². The Hall–Kier alpha value is -3.39. The van der Waals surface area contributed by atoms with Gasteiger partial charge in [-0.25, -0.2) is 4.98 Å². The molecule has 2 aromatic carbocycles. The molecule has 1 N–H and O–H groups in total. The number of amides is 1. The minimum absolute atomic E-state index is 0.280. The second kappa shape index (κ2) is 7.46. The first-order valence-corrected chi connectivity index (χ1v) is 9.18. The number of carbonyl (C=O) groups excluding carboxylic acids is 1. The molecular formula is C21H14ClF3N4O. The molecule has 30 heavy (non-hydrogen) atoms. The lowest BCUT2D eigenvalue weighted by Gasteiger charge is -2.11. The van der Waals surface area contributed by atoms with E-state index in [-0.39, 0.29) is 5.56 Å². The van der Waals surface area contributed by atoms with E-state index >= 15 is 0 Å². The highest BCUT2D eigenvalue weighted by molar-refractivity contribution is 6.34. The summed E-state index contributed by atoms with van der Waals surface area (Å²) in [5.74, 6) is -0.434. The molecule has 2 aromatic heterocycles. The van der Waals surface area contributed by atoms with Gasteiger partial charge in [-0.3, -0.25) is 9.48 Å². The summed E-state index contributed by atoms with van der Waals surface area (Å²) in [6.07, 6.45) is -2.92. The maximum Gasteiger partial charge on any atom is 0.416 e. The number of fused-ring (bicyclic) bond motifs is 1. The number of nitrogens with zero attached hydrogens (tertiary/aromatic N) is 3. The van der Waals surface area contributed by atoms with Crippen LogP contribution in [0.25, 0.3) is 22.3 Å². The van der Waals surface area contributed by atoms with E-state index in [1.165, 1.54) is 29.1 Å². The number of hydrogen-bond donors (Lipinski definition) is 1. The summed E-state index contributed by atoms with van der Waals surface area (Å²) in [4.78, 5) is 17.5. The molecule has 0 spiro atoms. The zero-order valence-corrected chi connectivity index (χ0v) is 16.3. The Labute approximate surface area is 174 Å². The van der Waals surface area contributed by atoms with E-state index in [1.54, 1.807) is 31.3 Å². The third-order valence-electron chi connectivity index (χ3n) is 4.58. The molecule has 0 aliphatic rings. The molecule has 152 valence electrons. The lowest BCUT2D eigenvalue weighted by atomic mass is 10.0. The number of para-hydroxylation sites is 1. The van der Waals surface area contributed by atoms with Crippen molar-refractivity contribution in [3.8, 4) is 11.3 Å². The van der Waals surface area contributed by atoms with Gasteiger partial charge >= 0.3 is 6.18 Å². The predicted octanol–water partition coefficient (Wildman–Crippen LogP) is 5.56. The summed E-state index contributed by atoms with van der Waals surface area (Å²) < 4.78 is 40.1. The minimum Gasteiger partial charge on any atom is -0.321 e. The van der Waals surface area contributed by atoms with Crippen molar-refractivity contribution in [2.24, 2.45) is 7.05 Å². The van der Waals surface area contributed by atoms with Crippen LogP contribution in [0.15, 0.2) is 60.8 Å². The lowest BCUT2D eigenvalue weighted by Crippen LogP contribution is -2.13. The normalized spacial score (nSPS) is 11.6. The predicted molar refractivity (Wildman–Crippen MR) is 108 cm³/mol. The molecule has 2 heterocycles. The van der Waals surface area contributed by atoms with Crippen molar-refractivity contribution in [3.63, 3.8) is 0 Å². The van der Waals surface area contributed by atoms with Crippen LogP contribution >= 0.6 is 11.6 Å². The van der Waals surface area contributed by atoms with Crippen LogP contribution in [-0.2, 0) is 13.2 Å². The quantitative estimate of drug-likeness (QED) is 0.463. The van der Waals surface area contributed by atoms with Crippen molar-refractivity contribution in [1.29, 1.82) is 0 Å². The second-order valence-electron chi connectivity index (χ2n) is 6.57. The molecule has 0 aliphatic carbocycles. The monoisotopic (exact) mass is 430 g/mol. The highest BCUT2D eigenvalue weighted by Crippen LogP contribution is 2.32. The Balaban J connectivity index is 1.79. The van der Waals surface area contributed by atoms with Crippen molar-refractivity contribution in [2.75, 3.05) is 5.32 Å². The Morgan fingerprint density at radius 3 is 2.47 bits per heavy atom. The molecule has 5 nitrogen and oxygen atoms in total. The maximum absolute atomic E-state index is 13.0. The van der Waals surface area contributed by atoms with Crippen LogP contribution < -0.4 is 5.32 Å². The average molecular weight is 431 g/mol. The van der Waals surface area contributed by atoms with E-state index in [4.69, 9.17) is 11.6 Å². The van der Waals surface area contributed by atoms with Gasteiger partial charge in [-0.1, -0.05) is 35.9 Å². The van der Waals surface area contributed by atoms with Crippen molar-refractivity contribution in [3.05, 3.63) is 76.9 Å². The zero-order valence-electron chi connectivity index (χ0n) is 15.5. The molecule has 0 unspecified atom stereocenters. The van der Waals surface area contributed by atoms with E-state index in [0.29, 0.717) is 33.0 Å². The Kier molecular flexibility index (Phi) is 4.95. The third-order valence-corrected chi connectivity index (χ3v) is 4.91. The van der Waals surface area contributed by atoms with Gasteiger partial charge in [-0.15, -0.1) is 0 Å². The van der Waals surface area contributed by atoms with Crippen LogP contribution in [0.5, 0.6) is 0 Å². The van der Waals surface area contributed by atoms with Gasteiger partial charge < -0.3 is 5.32 Å². The van der Waals surface area contributed by atoms with Crippen LogP contribution in [-0.4, -0.2) is 20.7 Å². The van der Waals surface area contributed by atoms with Crippen molar-refractivity contribution in [2.45, 2.75) is 6.18 Å². The maximum atomic E-state index is 13.0. The summed E-state index contributed by atoms with van der Waals surface area (Å²) in [7, 11) is 1.67. The van der Waals surface area contributed by atoms with Gasteiger partial charge in [0.15, 0.2) is 5.65 Å². The fraction of sp³-hybridized carbons (Fsp3) is 0.0952. The summed E-state index contributed by atoms with van der Waals surface area (Å²) in [6, 6.07) is 12.9. The van der Waals surface area contributed by atoms with Gasteiger partial charge in [-0.05, 0) is 30.3 Å². The van der Waals surface area contributed by atoms with Gasteiger partial charge in [0.05, 0.1) is 39.1 Å². The SMILES string of the molecule is Cn1ncc2c(C(=O)Nc3ccccc3Cl)cc(-c3ccc(C(F)(F)F)cc3)nc21. The molecule has 0 aliphatic heterocycles. The van der Waals surface area contributed by atoms with E-state index < -0.39 is 17.6 Å². The number of aryl methyl sites for hydroxylation is 1. The van der Waals surface area contributed by atoms with E-state index in [9.17, 15) is 18.0 Å². The van der Waals surface area contributed by atoms with Crippen LogP contribution in [0.1, 0.15) is 15.9 Å². The topological polar surface area (TPSA) is 59.8 Å². The number of benzene rings is 2. The van der Waals surface area contributed by atoms with Gasteiger partial charge in [0.25, 0.3) is 5.91 Å². The van der Waals surface area contributed by atoms with Gasteiger partial charge in [-0.2, -0.15) is 18.3 Å². The molecule has 0 bridgehead atoms. The number of carbonyl (C=O) groups is 1. The molecule has 0 atom stereocenters. The molecule has 0 fully saturated rings. The van der Waals surface area contributed by atoms with Gasteiger partial charge in [0.1, 0.15) is 0 Å². The first kappa shape index (κ1) is 19.9. The Morgan fingerprint density at radius 1 is 1.10 bits per heavy atom. The van der Waals surface area contributed by atoms with Crippen LogP contribution in [0.2, 0.25) is 5.02 Å². The summed E-state index contributed by atoms with van der Waals surface area (Å²) >= 11 is 6.12. The number of pyridine rings is 1. The molecule has 4 rings (SSSR count). The molecule has 4 aromatic rings. The minimum atomic E-state index is -4.43. The van der Waals surface area contributed by atoms with Gasteiger partial charge in [0.2, 0.25) is 0 Å². The number of halogens is 4. The Morgan fingerprint density at radius 2 is 1.80 bits per heavy atom.